The summed E-state index contributed by atoms with van der Waals surface area (Å²) >= 11 is 0. The maximum atomic E-state index is 12.7. The highest BCUT2D eigenvalue weighted by Gasteiger charge is 2.31. The zero-order chi connectivity index (χ0) is 19.4. The van der Waals surface area contributed by atoms with Crippen molar-refractivity contribution in [1.82, 2.24) is 24.5 Å². The fraction of sp³-hybridized carbons (Fsp3) is 0.529. The molecule has 0 aliphatic carbocycles. The zero-order valence-electron chi connectivity index (χ0n) is 15.5. The molecule has 0 bridgehead atoms. The van der Waals surface area contributed by atoms with Gasteiger partial charge in [0.25, 0.3) is 0 Å². The molecule has 0 unspecified atom stereocenters. The molecule has 3 rings (SSSR count). The van der Waals surface area contributed by atoms with Gasteiger partial charge < -0.3 is 5.32 Å². The molecule has 1 aliphatic rings. The highest BCUT2D eigenvalue weighted by molar-refractivity contribution is 7.89. The molecule has 1 aromatic carbocycles. The minimum absolute atomic E-state index is 0.120. The Bertz CT molecular complexity index is 911. The number of nitrogens with zero attached hydrogens (tertiary/aromatic N) is 5. The third-order valence-electron chi connectivity index (χ3n) is 4.59. The Kier molecular flexibility index (Phi) is 5.85. The van der Waals surface area contributed by atoms with Gasteiger partial charge in [-0.3, -0.25) is 4.79 Å². The van der Waals surface area contributed by atoms with Crippen molar-refractivity contribution in [1.29, 1.82) is 0 Å². The van der Waals surface area contributed by atoms with Crippen molar-refractivity contribution < 1.29 is 13.2 Å². The molecule has 9 nitrogen and oxygen atoms in total. The van der Waals surface area contributed by atoms with Crippen LogP contribution in [0.15, 0.2) is 24.3 Å². The Morgan fingerprint density at radius 1 is 1.37 bits per heavy atom. The predicted molar refractivity (Wildman–Crippen MR) is 101 cm³/mol. The van der Waals surface area contributed by atoms with Gasteiger partial charge >= 0.3 is 0 Å². The van der Waals surface area contributed by atoms with Crippen LogP contribution in [0.2, 0.25) is 0 Å². The van der Waals surface area contributed by atoms with Crippen LogP contribution >= 0.6 is 0 Å². The topological polar surface area (TPSA) is 110 Å². The Hall–Kier alpha value is -2.33. The highest BCUT2D eigenvalue weighted by Crippen LogP contribution is 2.22. The summed E-state index contributed by atoms with van der Waals surface area (Å²) in [5, 5.41) is 14.3. The average molecular weight is 392 g/mol. The fourth-order valence-electron chi connectivity index (χ4n) is 3.23. The van der Waals surface area contributed by atoms with Crippen molar-refractivity contribution in [3.8, 4) is 5.69 Å². The van der Waals surface area contributed by atoms with E-state index in [4.69, 9.17) is 0 Å². The lowest BCUT2D eigenvalue weighted by Gasteiger charge is -2.31. The van der Waals surface area contributed by atoms with Crippen molar-refractivity contribution in [2.24, 2.45) is 5.92 Å². The van der Waals surface area contributed by atoms with Gasteiger partial charge in [0.05, 0.1) is 17.4 Å². The summed E-state index contributed by atoms with van der Waals surface area (Å²) in [5.74, 6) is 0.234. The molecule has 2 heterocycles. The number of benzene rings is 1. The van der Waals surface area contributed by atoms with E-state index in [1.165, 1.54) is 4.31 Å². The minimum Gasteiger partial charge on any atom is -0.326 e. The van der Waals surface area contributed by atoms with Crippen molar-refractivity contribution in [2.75, 3.05) is 24.2 Å². The van der Waals surface area contributed by atoms with Crippen molar-refractivity contribution in [3.63, 3.8) is 0 Å². The van der Waals surface area contributed by atoms with Crippen molar-refractivity contribution >= 4 is 21.6 Å². The average Bonchev–Trinajstić information content (AvgIpc) is 3.08. The Morgan fingerprint density at radius 2 is 2.19 bits per heavy atom. The number of aromatic nitrogens is 4. The molecule has 146 valence electrons. The number of hydrogen-bond acceptors (Lipinski definition) is 6. The van der Waals surface area contributed by atoms with Gasteiger partial charge in [-0.05, 0) is 54.8 Å². The summed E-state index contributed by atoms with van der Waals surface area (Å²) in [5.41, 5.74) is 1.37. The second-order valence-electron chi connectivity index (χ2n) is 6.69. The highest BCUT2D eigenvalue weighted by atomic mass is 32.2. The van der Waals surface area contributed by atoms with Crippen molar-refractivity contribution in [2.45, 2.75) is 33.1 Å². The van der Waals surface area contributed by atoms with E-state index in [-0.39, 0.29) is 24.1 Å². The first-order chi connectivity index (χ1) is 12.9. The van der Waals surface area contributed by atoms with E-state index in [9.17, 15) is 13.2 Å². The molecular formula is C17H24N6O3S. The number of carbonyl (C=O) groups excluding carboxylic acids is 1. The van der Waals surface area contributed by atoms with Crippen LogP contribution in [-0.2, 0) is 14.8 Å². The summed E-state index contributed by atoms with van der Waals surface area (Å²) in [6.45, 7) is 4.35. The first kappa shape index (κ1) is 19.4. The van der Waals surface area contributed by atoms with Gasteiger partial charge in [0.15, 0.2) is 5.82 Å². The molecule has 1 amide bonds. The molecule has 2 aromatic rings. The van der Waals surface area contributed by atoms with Crippen LogP contribution in [0, 0.1) is 12.8 Å². The second-order valence-corrected chi connectivity index (χ2v) is 8.78. The zero-order valence-corrected chi connectivity index (χ0v) is 16.3. The minimum atomic E-state index is -3.29. The van der Waals surface area contributed by atoms with E-state index in [2.05, 4.69) is 20.8 Å². The molecule has 1 fully saturated rings. The van der Waals surface area contributed by atoms with E-state index in [1.54, 1.807) is 23.7 Å². The van der Waals surface area contributed by atoms with Gasteiger partial charge in [0.1, 0.15) is 0 Å². The normalized spacial score (nSPS) is 18.4. The number of rotatable bonds is 6. The van der Waals surface area contributed by atoms with Gasteiger partial charge in [0, 0.05) is 18.8 Å². The molecule has 0 radical (unpaired) electrons. The second kappa shape index (κ2) is 8.13. The molecular weight excluding hydrogens is 368 g/mol. The van der Waals surface area contributed by atoms with Crippen LogP contribution < -0.4 is 5.32 Å². The van der Waals surface area contributed by atoms with Gasteiger partial charge in [-0.1, -0.05) is 13.0 Å². The van der Waals surface area contributed by atoms with Gasteiger partial charge in [-0.2, -0.15) is 4.68 Å². The summed E-state index contributed by atoms with van der Waals surface area (Å²) in [6.07, 6.45) is 1.93. The molecule has 10 heteroatoms. The third-order valence-corrected chi connectivity index (χ3v) is 6.64. The number of sulfonamides is 1. The smallest absolute Gasteiger partial charge is 0.228 e. The lowest BCUT2D eigenvalue weighted by atomic mass is 9.98. The van der Waals surface area contributed by atoms with E-state index < -0.39 is 10.0 Å². The first-order valence-electron chi connectivity index (χ1n) is 9.05. The van der Waals surface area contributed by atoms with Crippen LogP contribution in [0.1, 0.15) is 32.0 Å². The number of carbonyl (C=O) groups is 1. The molecule has 27 heavy (non-hydrogen) atoms. The molecule has 1 N–H and O–H groups in total. The van der Waals surface area contributed by atoms with Crippen LogP contribution in [0.4, 0.5) is 5.69 Å². The maximum absolute atomic E-state index is 12.7. The Balaban J connectivity index is 1.69. The molecule has 1 atom stereocenters. The largest absolute Gasteiger partial charge is 0.326 e. The number of tetrazole rings is 1. The predicted octanol–water partition coefficient (Wildman–Crippen LogP) is 1.36. The number of nitrogens with one attached hydrogen (secondary N) is 1. The molecule has 1 aromatic heterocycles. The van der Waals surface area contributed by atoms with Crippen LogP contribution in [0.25, 0.3) is 5.69 Å². The maximum Gasteiger partial charge on any atom is 0.228 e. The van der Waals surface area contributed by atoms with E-state index in [0.29, 0.717) is 37.3 Å². The van der Waals surface area contributed by atoms with Gasteiger partial charge in [0.2, 0.25) is 15.9 Å². The van der Waals surface area contributed by atoms with Gasteiger partial charge in [-0.25, -0.2) is 12.7 Å². The SMILES string of the molecule is CCCS(=O)(=O)N1CCC[C@@H](C(=O)Nc2cccc(-n3nnnc3C)c2)C1. The number of anilines is 1. The number of amides is 1. The van der Waals surface area contributed by atoms with Crippen molar-refractivity contribution in [3.05, 3.63) is 30.1 Å². The summed E-state index contributed by atoms with van der Waals surface area (Å²) in [7, 11) is -3.29. The number of hydrogen-bond donors (Lipinski definition) is 1. The summed E-state index contributed by atoms with van der Waals surface area (Å²) < 4.78 is 27.6. The Labute approximate surface area is 158 Å². The molecule has 1 aliphatic heterocycles. The van der Waals surface area contributed by atoms with Crippen LogP contribution in [0.3, 0.4) is 0 Å². The number of aryl methyl sites for hydroxylation is 1. The molecule has 0 saturated carbocycles. The van der Waals surface area contributed by atoms with E-state index in [0.717, 1.165) is 5.69 Å². The first-order valence-corrected chi connectivity index (χ1v) is 10.7. The third kappa shape index (κ3) is 4.51. The summed E-state index contributed by atoms with van der Waals surface area (Å²) in [4.78, 5) is 12.7. The Morgan fingerprint density at radius 3 is 2.89 bits per heavy atom. The van der Waals surface area contributed by atoms with Gasteiger partial charge in [-0.15, -0.1) is 5.10 Å². The quantitative estimate of drug-likeness (QED) is 0.795. The standard InChI is InChI=1S/C17H24N6O3S/c1-3-10-27(25,26)22-9-5-6-14(12-22)17(24)18-15-7-4-8-16(11-15)23-13(2)19-20-21-23/h4,7-8,11,14H,3,5-6,9-10,12H2,1-2H3,(H,18,24)/t14-/m1/s1. The molecule has 0 spiro atoms. The lowest BCUT2D eigenvalue weighted by molar-refractivity contribution is -0.120. The fourth-order valence-corrected chi connectivity index (χ4v) is 4.81. The van der Waals surface area contributed by atoms with E-state index >= 15 is 0 Å². The van der Waals surface area contributed by atoms with E-state index in [1.807, 2.05) is 19.1 Å². The van der Waals surface area contributed by atoms with Crippen LogP contribution in [0.5, 0.6) is 0 Å². The molecule has 1 saturated heterocycles. The van der Waals surface area contributed by atoms with Crippen LogP contribution in [-0.4, -0.2) is 57.7 Å². The lowest BCUT2D eigenvalue weighted by Crippen LogP contribution is -2.44. The monoisotopic (exact) mass is 392 g/mol. The number of piperidine rings is 1. The summed E-state index contributed by atoms with van der Waals surface area (Å²) in [6, 6.07) is 7.23.